The predicted octanol–water partition coefficient (Wildman–Crippen LogP) is 5.44. The number of amides is 3. The molecule has 0 saturated carbocycles. The molecule has 1 aliphatic heterocycles. The van der Waals surface area contributed by atoms with Gasteiger partial charge in [-0.15, -0.1) is 0 Å². The van der Waals surface area contributed by atoms with E-state index in [1.807, 2.05) is 60.7 Å². The van der Waals surface area contributed by atoms with Crippen LogP contribution < -0.4 is 10.1 Å². The lowest BCUT2D eigenvalue weighted by molar-refractivity contribution is -0.123. The Morgan fingerprint density at radius 3 is 2.36 bits per heavy atom. The minimum absolute atomic E-state index is 0.217. The molecule has 8 heteroatoms. The maximum atomic E-state index is 12.8. The molecule has 0 atom stereocenters. The van der Waals surface area contributed by atoms with Gasteiger partial charge in [-0.2, -0.15) is 5.26 Å². The average molecular weight is 661 g/mol. The van der Waals surface area contributed by atoms with Crippen molar-refractivity contribution in [2.75, 3.05) is 0 Å². The molecule has 3 aromatic rings. The molecule has 1 N–H and O–H groups in total. The van der Waals surface area contributed by atoms with Crippen LogP contribution >= 0.6 is 45.2 Å². The second-order valence-corrected chi connectivity index (χ2v) is 9.56. The van der Waals surface area contributed by atoms with Crippen LogP contribution in [0.15, 0.2) is 72.4 Å². The van der Waals surface area contributed by atoms with Crippen molar-refractivity contribution in [1.82, 2.24) is 10.2 Å². The van der Waals surface area contributed by atoms with E-state index < -0.39 is 6.03 Å². The smallest absolute Gasteiger partial charge is 0.329 e. The fourth-order valence-corrected chi connectivity index (χ4v) is 5.48. The topological polar surface area (TPSA) is 82.4 Å². The summed E-state index contributed by atoms with van der Waals surface area (Å²) in [6, 6.07) is 22.2. The van der Waals surface area contributed by atoms with Crippen molar-refractivity contribution in [1.29, 1.82) is 5.26 Å². The minimum Gasteiger partial charge on any atom is -0.487 e. The van der Waals surface area contributed by atoms with Crippen molar-refractivity contribution in [3.05, 3.63) is 102 Å². The van der Waals surface area contributed by atoms with Gasteiger partial charge in [-0.05, 0) is 80.6 Å². The lowest BCUT2D eigenvalue weighted by Crippen LogP contribution is -2.30. The van der Waals surface area contributed by atoms with Gasteiger partial charge in [-0.3, -0.25) is 9.69 Å². The Labute approximate surface area is 218 Å². The van der Waals surface area contributed by atoms with Crippen LogP contribution in [0, 0.1) is 18.5 Å². The standard InChI is InChI=1S/C25H17I2N3O3/c26-20-10-17(11-21(27)23(20)33-15-19-9-5-4-8-18(19)13-28)12-22-24(31)30(25(32)29-22)14-16-6-2-1-3-7-16/h1-12H,14-15H2,(H,29,32)/b22-12+. The maximum Gasteiger partial charge on any atom is 0.329 e. The summed E-state index contributed by atoms with van der Waals surface area (Å²) in [6.07, 6.45) is 1.67. The Balaban J connectivity index is 1.51. The molecule has 164 valence electrons. The van der Waals surface area contributed by atoms with Gasteiger partial charge in [-0.25, -0.2) is 4.79 Å². The van der Waals surface area contributed by atoms with Crippen LogP contribution in [0.25, 0.3) is 6.08 Å². The molecule has 0 aliphatic carbocycles. The number of carbonyl (C=O) groups excluding carboxylic acids is 2. The van der Waals surface area contributed by atoms with Gasteiger partial charge < -0.3 is 10.1 Å². The molecule has 1 fully saturated rings. The quantitative estimate of drug-likeness (QED) is 0.217. The molecule has 0 unspecified atom stereocenters. The largest absolute Gasteiger partial charge is 0.487 e. The van der Waals surface area contributed by atoms with Gasteiger partial charge in [0.2, 0.25) is 0 Å². The zero-order chi connectivity index (χ0) is 23.4. The van der Waals surface area contributed by atoms with Crippen LogP contribution in [0.4, 0.5) is 4.79 Å². The van der Waals surface area contributed by atoms with Crippen molar-refractivity contribution < 1.29 is 14.3 Å². The molecule has 3 amide bonds. The molecule has 1 aliphatic rings. The van der Waals surface area contributed by atoms with Gasteiger partial charge in [0.05, 0.1) is 25.3 Å². The summed E-state index contributed by atoms with van der Waals surface area (Å²) in [6.45, 7) is 0.494. The zero-order valence-corrected chi connectivity index (χ0v) is 21.5. The van der Waals surface area contributed by atoms with Gasteiger partial charge >= 0.3 is 6.03 Å². The first kappa shape index (κ1) is 23.3. The Morgan fingerprint density at radius 1 is 1.00 bits per heavy atom. The number of benzene rings is 3. The zero-order valence-electron chi connectivity index (χ0n) is 17.2. The van der Waals surface area contributed by atoms with E-state index in [1.165, 1.54) is 4.90 Å². The van der Waals surface area contributed by atoms with E-state index in [-0.39, 0.29) is 24.8 Å². The van der Waals surface area contributed by atoms with Crippen LogP contribution in [0.1, 0.15) is 22.3 Å². The molecule has 0 bridgehead atoms. The van der Waals surface area contributed by atoms with Gasteiger partial charge in [-0.1, -0.05) is 48.5 Å². The van der Waals surface area contributed by atoms with E-state index in [0.717, 1.165) is 23.8 Å². The molecule has 0 spiro atoms. The number of nitriles is 1. The number of halogens is 2. The highest BCUT2D eigenvalue weighted by Gasteiger charge is 2.33. The second-order valence-electron chi connectivity index (χ2n) is 7.24. The van der Waals surface area contributed by atoms with E-state index in [1.54, 1.807) is 12.1 Å². The molecule has 33 heavy (non-hydrogen) atoms. The Morgan fingerprint density at radius 2 is 1.67 bits per heavy atom. The predicted molar refractivity (Wildman–Crippen MR) is 141 cm³/mol. The molecular formula is C25H17I2N3O3. The molecular weight excluding hydrogens is 644 g/mol. The average Bonchev–Trinajstić information content (AvgIpc) is 3.06. The van der Waals surface area contributed by atoms with Crippen molar-refractivity contribution >= 4 is 63.2 Å². The minimum atomic E-state index is -0.435. The highest BCUT2D eigenvalue weighted by molar-refractivity contribution is 14.1. The third kappa shape index (κ3) is 5.36. The number of ether oxygens (including phenoxy) is 1. The summed E-state index contributed by atoms with van der Waals surface area (Å²) >= 11 is 4.36. The van der Waals surface area contributed by atoms with Crippen molar-refractivity contribution in [2.24, 2.45) is 0 Å². The lowest BCUT2D eigenvalue weighted by Gasteiger charge is -2.12. The summed E-state index contributed by atoms with van der Waals surface area (Å²) < 4.78 is 7.73. The number of hydrogen-bond acceptors (Lipinski definition) is 4. The Kier molecular flexibility index (Phi) is 7.29. The third-order valence-electron chi connectivity index (χ3n) is 4.99. The Hall–Kier alpha value is -2.91. The van der Waals surface area contributed by atoms with Crippen molar-refractivity contribution in [3.63, 3.8) is 0 Å². The summed E-state index contributed by atoms with van der Waals surface area (Å²) in [5.74, 6) is 0.348. The molecule has 1 heterocycles. The fourth-order valence-electron chi connectivity index (χ4n) is 3.35. The van der Waals surface area contributed by atoms with Crippen LogP contribution in [0.3, 0.4) is 0 Å². The number of nitrogens with zero attached hydrogens (tertiary/aromatic N) is 2. The van der Waals surface area contributed by atoms with Crippen LogP contribution in [0.5, 0.6) is 5.75 Å². The molecule has 0 radical (unpaired) electrons. The van der Waals surface area contributed by atoms with Gasteiger partial charge in [0.1, 0.15) is 18.1 Å². The number of carbonyl (C=O) groups is 2. The molecule has 1 saturated heterocycles. The van der Waals surface area contributed by atoms with Crippen molar-refractivity contribution in [2.45, 2.75) is 13.2 Å². The third-order valence-corrected chi connectivity index (χ3v) is 6.59. The first-order valence-corrected chi connectivity index (χ1v) is 12.1. The molecule has 3 aromatic carbocycles. The molecule has 6 nitrogen and oxygen atoms in total. The lowest BCUT2D eigenvalue weighted by atomic mass is 10.1. The van der Waals surface area contributed by atoms with E-state index >= 15 is 0 Å². The van der Waals surface area contributed by atoms with E-state index in [4.69, 9.17) is 4.74 Å². The van der Waals surface area contributed by atoms with Crippen molar-refractivity contribution in [3.8, 4) is 11.8 Å². The van der Waals surface area contributed by atoms with Crippen LogP contribution in [0.2, 0.25) is 0 Å². The number of hydrogen-bond donors (Lipinski definition) is 1. The van der Waals surface area contributed by atoms with Gasteiger partial charge in [0.15, 0.2) is 0 Å². The molecule has 4 rings (SSSR count). The monoisotopic (exact) mass is 661 g/mol. The summed E-state index contributed by atoms with van der Waals surface area (Å²) in [5, 5.41) is 11.9. The summed E-state index contributed by atoms with van der Waals surface area (Å²) in [4.78, 5) is 26.4. The Bertz CT molecular complexity index is 1280. The fraction of sp³-hybridized carbons (Fsp3) is 0.0800. The van der Waals surface area contributed by atoms with E-state index in [0.29, 0.717) is 11.3 Å². The van der Waals surface area contributed by atoms with Gasteiger partial charge in [0.25, 0.3) is 5.91 Å². The normalized spacial score (nSPS) is 14.3. The number of urea groups is 1. The van der Waals surface area contributed by atoms with Crippen LogP contribution in [-0.2, 0) is 17.9 Å². The number of nitrogens with one attached hydrogen (secondary N) is 1. The van der Waals surface area contributed by atoms with Gasteiger partial charge in [0, 0.05) is 5.56 Å². The number of rotatable bonds is 6. The second kappa shape index (κ2) is 10.4. The first-order chi connectivity index (χ1) is 16.0. The highest BCUT2D eigenvalue weighted by atomic mass is 127. The van der Waals surface area contributed by atoms with Crippen LogP contribution in [-0.4, -0.2) is 16.8 Å². The first-order valence-electron chi connectivity index (χ1n) is 9.94. The van der Waals surface area contributed by atoms with E-state index in [9.17, 15) is 14.9 Å². The summed E-state index contributed by atoms with van der Waals surface area (Å²) in [5.41, 5.74) is 3.29. The highest BCUT2D eigenvalue weighted by Crippen LogP contribution is 2.31. The molecule has 0 aromatic heterocycles. The summed E-state index contributed by atoms with van der Waals surface area (Å²) in [7, 11) is 0. The maximum absolute atomic E-state index is 12.8. The SMILES string of the molecule is N#Cc1ccccc1COc1c(I)cc(/C=C2/NC(=O)N(Cc3ccccc3)C2=O)cc1I. The van der Waals surface area contributed by atoms with E-state index in [2.05, 4.69) is 56.6 Å². The number of imide groups is 1.